The van der Waals surface area contributed by atoms with Crippen LogP contribution in [-0.4, -0.2) is 35.5 Å². The van der Waals surface area contributed by atoms with Crippen LogP contribution in [0.25, 0.3) is 0 Å². The molecule has 0 bridgehead atoms. The zero-order valence-electron chi connectivity index (χ0n) is 11.1. The molecule has 1 unspecified atom stereocenters. The number of carbonyl (C=O) groups is 1. The maximum atomic E-state index is 12.5. The fourth-order valence-corrected chi connectivity index (χ4v) is 2.32. The Kier molecular flexibility index (Phi) is 4.95. The van der Waals surface area contributed by atoms with E-state index in [1.165, 1.54) is 0 Å². The summed E-state index contributed by atoms with van der Waals surface area (Å²) in [6, 6.07) is 2.26. The molecule has 1 amide bonds. The third-order valence-corrected chi connectivity index (χ3v) is 3.44. The van der Waals surface area contributed by atoms with Gasteiger partial charge in [-0.1, -0.05) is 0 Å². The predicted octanol–water partition coefficient (Wildman–Crippen LogP) is 1.67. The van der Waals surface area contributed by atoms with E-state index in [0.29, 0.717) is 13.0 Å². The van der Waals surface area contributed by atoms with Crippen molar-refractivity contribution in [3.63, 3.8) is 0 Å². The average molecular weight is 237 g/mol. The average Bonchev–Trinajstić information content (AvgIpc) is 2.30. The smallest absolute Gasteiger partial charge is 0.242 e. The quantitative estimate of drug-likeness (QED) is 0.809. The van der Waals surface area contributed by atoms with Crippen LogP contribution in [0.1, 0.15) is 46.5 Å². The zero-order valence-corrected chi connectivity index (χ0v) is 11.1. The third-order valence-electron chi connectivity index (χ3n) is 3.44. The highest BCUT2D eigenvalue weighted by molar-refractivity contribution is 5.86. The number of hydrogen-bond donors (Lipinski definition) is 1. The molecule has 1 rings (SSSR count). The number of nitrogens with zero attached hydrogens (tertiary/aromatic N) is 2. The molecule has 1 heterocycles. The number of nitriles is 1. The lowest BCUT2D eigenvalue weighted by Crippen LogP contribution is -2.59. The second-order valence-corrected chi connectivity index (χ2v) is 5.22. The van der Waals surface area contributed by atoms with Crippen molar-refractivity contribution in [2.24, 2.45) is 0 Å². The molecule has 1 N–H and O–H groups in total. The van der Waals surface area contributed by atoms with E-state index in [9.17, 15) is 4.79 Å². The van der Waals surface area contributed by atoms with Gasteiger partial charge in [0.1, 0.15) is 0 Å². The van der Waals surface area contributed by atoms with Crippen LogP contribution in [0.2, 0.25) is 0 Å². The van der Waals surface area contributed by atoms with Gasteiger partial charge in [-0.15, -0.1) is 0 Å². The van der Waals surface area contributed by atoms with Crippen molar-refractivity contribution < 1.29 is 4.79 Å². The minimum atomic E-state index is -0.433. The monoisotopic (exact) mass is 237 g/mol. The summed E-state index contributed by atoms with van der Waals surface area (Å²) in [5, 5.41) is 12.0. The molecular formula is C13H23N3O. The lowest BCUT2D eigenvalue weighted by molar-refractivity contribution is -0.140. The number of nitrogens with one attached hydrogen (secondary N) is 1. The molecule has 1 saturated heterocycles. The van der Waals surface area contributed by atoms with Crippen molar-refractivity contribution in [3.8, 4) is 6.07 Å². The van der Waals surface area contributed by atoms with Crippen LogP contribution in [0.15, 0.2) is 0 Å². The summed E-state index contributed by atoms with van der Waals surface area (Å²) in [5.41, 5.74) is -0.433. The Hall–Kier alpha value is -1.08. The van der Waals surface area contributed by atoms with Gasteiger partial charge in [-0.25, -0.2) is 0 Å². The molecule has 0 radical (unpaired) electrons. The highest BCUT2D eigenvalue weighted by Gasteiger charge is 2.37. The van der Waals surface area contributed by atoms with Crippen molar-refractivity contribution in [2.75, 3.05) is 13.1 Å². The summed E-state index contributed by atoms with van der Waals surface area (Å²) >= 11 is 0. The number of piperidine rings is 1. The SMILES string of the molecule is CC(C)N(CCC#N)C(=O)C1(C)CCCCN1. The Morgan fingerprint density at radius 3 is 2.71 bits per heavy atom. The normalized spacial score (nSPS) is 24.4. The largest absolute Gasteiger partial charge is 0.338 e. The fourth-order valence-electron chi connectivity index (χ4n) is 2.32. The van der Waals surface area contributed by atoms with Gasteiger partial charge in [-0.3, -0.25) is 4.79 Å². The van der Waals surface area contributed by atoms with Gasteiger partial charge in [0.15, 0.2) is 0 Å². The molecule has 1 aliphatic rings. The molecule has 17 heavy (non-hydrogen) atoms. The Morgan fingerprint density at radius 2 is 2.24 bits per heavy atom. The molecule has 0 aromatic rings. The molecule has 1 aliphatic heterocycles. The standard InChI is InChI=1S/C13H23N3O/c1-11(2)16(10-6-8-14)12(17)13(3)7-4-5-9-15-13/h11,15H,4-7,9-10H2,1-3H3. The molecule has 4 heteroatoms. The van der Waals surface area contributed by atoms with E-state index in [1.54, 1.807) is 0 Å². The predicted molar refractivity (Wildman–Crippen MR) is 67.3 cm³/mol. The summed E-state index contributed by atoms with van der Waals surface area (Å²) < 4.78 is 0. The minimum absolute atomic E-state index is 0.141. The van der Waals surface area contributed by atoms with Crippen molar-refractivity contribution >= 4 is 5.91 Å². The number of amides is 1. The van der Waals surface area contributed by atoms with Gasteiger partial charge in [0.05, 0.1) is 18.0 Å². The van der Waals surface area contributed by atoms with Gasteiger partial charge in [-0.05, 0) is 46.6 Å². The van der Waals surface area contributed by atoms with Gasteiger partial charge in [0.25, 0.3) is 0 Å². The van der Waals surface area contributed by atoms with Crippen molar-refractivity contribution in [1.29, 1.82) is 5.26 Å². The number of hydrogen-bond acceptors (Lipinski definition) is 3. The van der Waals surface area contributed by atoms with Gasteiger partial charge in [0, 0.05) is 12.6 Å². The van der Waals surface area contributed by atoms with Crippen LogP contribution in [0.4, 0.5) is 0 Å². The summed E-state index contributed by atoms with van der Waals surface area (Å²) in [6.45, 7) is 7.43. The van der Waals surface area contributed by atoms with E-state index in [-0.39, 0.29) is 11.9 Å². The first-order chi connectivity index (χ1) is 8.01. The second kappa shape index (κ2) is 6.02. The summed E-state index contributed by atoms with van der Waals surface area (Å²) in [6.07, 6.45) is 3.53. The van der Waals surface area contributed by atoms with E-state index < -0.39 is 5.54 Å². The molecule has 0 spiro atoms. The molecule has 1 atom stereocenters. The topological polar surface area (TPSA) is 56.1 Å². The Bertz CT molecular complexity index is 300. The van der Waals surface area contributed by atoms with E-state index in [2.05, 4.69) is 11.4 Å². The number of rotatable bonds is 4. The van der Waals surface area contributed by atoms with Crippen LogP contribution < -0.4 is 5.32 Å². The Morgan fingerprint density at radius 1 is 1.53 bits per heavy atom. The first-order valence-electron chi connectivity index (χ1n) is 6.44. The minimum Gasteiger partial charge on any atom is -0.338 e. The van der Waals surface area contributed by atoms with Crippen LogP contribution in [-0.2, 0) is 4.79 Å². The highest BCUT2D eigenvalue weighted by atomic mass is 16.2. The molecule has 0 aromatic carbocycles. The molecule has 1 fully saturated rings. The maximum Gasteiger partial charge on any atom is 0.242 e. The number of carbonyl (C=O) groups excluding carboxylic acids is 1. The van der Waals surface area contributed by atoms with Gasteiger partial charge in [-0.2, -0.15) is 5.26 Å². The zero-order chi connectivity index (χ0) is 12.9. The van der Waals surface area contributed by atoms with E-state index in [0.717, 1.165) is 25.8 Å². The van der Waals surface area contributed by atoms with E-state index in [1.807, 2.05) is 25.7 Å². The second-order valence-electron chi connectivity index (χ2n) is 5.22. The third kappa shape index (κ3) is 3.44. The maximum absolute atomic E-state index is 12.5. The lowest BCUT2D eigenvalue weighted by atomic mass is 9.89. The van der Waals surface area contributed by atoms with Gasteiger partial charge >= 0.3 is 0 Å². The van der Waals surface area contributed by atoms with Crippen molar-refractivity contribution in [2.45, 2.75) is 58.0 Å². The molecule has 0 aliphatic carbocycles. The summed E-state index contributed by atoms with van der Waals surface area (Å²) in [5.74, 6) is 0.141. The lowest BCUT2D eigenvalue weighted by Gasteiger charge is -2.39. The van der Waals surface area contributed by atoms with Gasteiger partial charge in [0.2, 0.25) is 5.91 Å². The van der Waals surface area contributed by atoms with Crippen LogP contribution in [0.5, 0.6) is 0 Å². The Labute approximate surface area is 104 Å². The van der Waals surface area contributed by atoms with Crippen molar-refractivity contribution in [1.82, 2.24) is 10.2 Å². The molecule has 0 aromatic heterocycles. The van der Waals surface area contributed by atoms with Crippen molar-refractivity contribution in [3.05, 3.63) is 0 Å². The van der Waals surface area contributed by atoms with E-state index >= 15 is 0 Å². The summed E-state index contributed by atoms with van der Waals surface area (Å²) in [4.78, 5) is 14.3. The molecule has 4 nitrogen and oxygen atoms in total. The van der Waals surface area contributed by atoms with Crippen LogP contribution in [0, 0.1) is 11.3 Å². The van der Waals surface area contributed by atoms with E-state index in [4.69, 9.17) is 5.26 Å². The molecular weight excluding hydrogens is 214 g/mol. The van der Waals surface area contributed by atoms with Crippen LogP contribution >= 0.6 is 0 Å². The molecule has 96 valence electrons. The summed E-state index contributed by atoms with van der Waals surface area (Å²) in [7, 11) is 0. The fraction of sp³-hybridized carbons (Fsp3) is 0.846. The molecule has 0 saturated carbocycles. The first-order valence-corrected chi connectivity index (χ1v) is 6.44. The first kappa shape index (κ1) is 14.0. The van der Waals surface area contributed by atoms with Crippen LogP contribution in [0.3, 0.4) is 0 Å². The Balaban J connectivity index is 2.72. The van der Waals surface area contributed by atoms with Gasteiger partial charge < -0.3 is 10.2 Å². The highest BCUT2D eigenvalue weighted by Crippen LogP contribution is 2.22.